The predicted molar refractivity (Wildman–Crippen MR) is 58.2 cm³/mol. The topological polar surface area (TPSA) is 48.1 Å². The van der Waals surface area contributed by atoms with Gasteiger partial charge < -0.3 is 14.2 Å². The van der Waals surface area contributed by atoms with Gasteiger partial charge in [-0.1, -0.05) is 0 Å². The molecule has 4 nitrogen and oxygen atoms in total. The van der Waals surface area contributed by atoms with Crippen molar-refractivity contribution in [2.45, 2.75) is 57.8 Å². The minimum atomic E-state index is -0.564. The van der Waals surface area contributed by atoms with Gasteiger partial charge >= 0.3 is 6.16 Å². The fraction of sp³-hybridized carbons (Fsp3) is 0.917. The summed E-state index contributed by atoms with van der Waals surface area (Å²) in [5.41, 5.74) is -0.478. The van der Waals surface area contributed by atoms with Crippen molar-refractivity contribution in [2.75, 3.05) is 6.61 Å². The number of hydrogen-bond acceptors (Lipinski definition) is 4. The van der Waals surface area contributed by atoms with E-state index in [1.165, 1.54) is 0 Å². The van der Waals surface area contributed by atoms with E-state index in [2.05, 4.69) is 0 Å². The molecule has 16 heavy (non-hydrogen) atoms. The van der Waals surface area contributed by atoms with Crippen molar-refractivity contribution < 1.29 is 19.0 Å². The molecule has 1 heterocycles. The molecular weight excluding hydrogens is 208 g/mol. The molecular formula is C12H20O4. The predicted octanol–water partition coefficient (Wildman–Crippen LogP) is 2.51. The smallest absolute Gasteiger partial charge is 0.434 e. The molecule has 0 radical (unpaired) electrons. The Balaban J connectivity index is 1.65. The van der Waals surface area contributed by atoms with E-state index < -0.39 is 11.8 Å². The molecule has 0 aromatic rings. The number of epoxide rings is 1. The Labute approximate surface area is 96.2 Å². The lowest BCUT2D eigenvalue weighted by Gasteiger charge is -2.21. The van der Waals surface area contributed by atoms with Crippen LogP contribution in [0.1, 0.15) is 40.0 Å². The van der Waals surface area contributed by atoms with E-state index in [0.717, 1.165) is 19.3 Å². The zero-order valence-electron chi connectivity index (χ0n) is 10.2. The molecule has 1 aliphatic carbocycles. The highest BCUT2D eigenvalue weighted by Gasteiger charge is 2.44. The van der Waals surface area contributed by atoms with Crippen LogP contribution in [0.5, 0.6) is 0 Å². The second-order valence-corrected chi connectivity index (χ2v) is 5.67. The average molecular weight is 228 g/mol. The number of rotatable bonds is 2. The van der Waals surface area contributed by atoms with Gasteiger partial charge in [-0.2, -0.15) is 0 Å². The molecule has 1 saturated heterocycles. The van der Waals surface area contributed by atoms with Crippen LogP contribution in [0.15, 0.2) is 0 Å². The van der Waals surface area contributed by atoms with Crippen LogP contribution in [0.4, 0.5) is 4.79 Å². The maximum absolute atomic E-state index is 11.3. The molecule has 0 amide bonds. The molecule has 4 heteroatoms. The fourth-order valence-corrected chi connectivity index (χ4v) is 2.10. The Morgan fingerprint density at radius 2 is 2.06 bits per heavy atom. The summed E-state index contributed by atoms with van der Waals surface area (Å²) < 4.78 is 15.6. The molecule has 0 N–H and O–H groups in total. The Morgan fingerprint density at radius 1 is 1.31 bits per heavy atom. The lowest BCUT2D eigenvalue weighted by molar-refractivity contribution is -0.0148. The average Bonchev–Trinajstić information content (AvgIpc) is 2.89. The number of carbonyl (C=O) groups excluding carboxylic acids is 1. The molecule has 2 rings (SSSR count). The molecule has 1 aliphatic heterocycles. The number of carbonyl (C=O) groups is 1. The Hall–Kier alpha value is -0.770. The van der Waals surface area contributed by atoms with E-state index in [1.807, 2.05) is 20.8 Å². The minimum absolute atomic E-state index is 0.431. The van der Waals surface area contributed by atoms with Gasteiger partial charge in [-0.15, -0.1) is 0 Å². The third kappa shape index (κ3) is 3.37. The van der Waals surface area contributed by atoms with Gasteiger partial charge in [-0.05, 0) is 46.0 Å². The van der Waals surface area contributed by atoms with E-state index in [1.54, 1.807) is 0 Å². The van der Waals surface area contributed by atoms with Gasteiger partial charge in [0.25, 0.3) is 0 Å². The first-order valence-corrected chi connectivity index (χ1v) is 5.95. The zero-order chi connectivity index (χ0) is 11.8. The Bertz CT molecular complexity index is 269. The lowest BCUT2D eigenvalue weighted by atomic mass is 9.90. The number of fused-ring (bicyclic) bond motifs is 1. The van der Waals surface area contributed by atoms with E-state index in [9.17, 15) is 4.79 Å². The van der Waals surface area contributed by atoms with Crippen LogP contribution in [-0.2, 0) is 14.2 Å². The largest absolute Gasteiger partial charge is 0.508 e. The van der Waals surface area contributed by atoms with E-state index in [4.69, 9.17) is 14.2 Å². The SMILES string of the molecule is CC(C)(C)OC(=O)OCC1CCC2OC2C1. The Kier molecular flexibility index (Phi) is 3.10. The highest BCUT2D eigenvalue weighted by molar-refractivity contribution is 5.60. The van der Waals surface area contributed by atoms with Crippen LogP contribution in [0.2, 0.25) is 0 Å². The molecule has 0 aromatic carbocycles. The van der Waals surface area contributed by atoms with Crippen molar-refractivity contribution >= 4 is 6.16 Å². The van der Waals surface area contributed by atoms with Crippen LogP contribution in [0.25, 0.3) is 0 Å². The quantitative estimate of drug-likeness (QED) is 0.538. The maximum Gasteiger partial charge on any atom is 0.508 e. The van der Waals surface area contributed by atoms with Gasteiger partial charge in [-0.25, -0.2) is 4.79 Å². The lowest BCUT2D eigenvalue weighted by Crippen LogP contribution is -2.27. The normalized spacial score (nSPS) is 32.8. The highest BCUT2D eigenvalue weighted by Crippen LogP contribution is 2.39. The summed E-state index contributed by atoms with van der Waals surface area (Å²) >= 11 is 0. The monoisotopic (exact) mass is 228 g/mol. The van der Waals surface area contributed by atoms with Gasteiger partial charge in [0.15, 0.2) is 0 Å². The van der Waals surface area contributed by atoms with Crippen LogP contribution in [-0.4, -0.2) is 30.6 Å². The minimum Gasteiger partial charge on any atom is -0.434 e. The van der Waals surface area contributed by atoms with Crippen molar-refractivity contribution in [3.05, 3.63) is 0 Å². The van der Waals surface area contributed by atoms with Crippen molar-refractivity contribution in [3.8, 4) is 0 Å². The second-order valence-electron chi connectivity index (χ2n) is 5.67. The summed E-state index contributed by atoms with van der Waals surface area (Å²) in [4.78, 5) is 11.3. The molecule has 0 aromatic heterocycles. The third-order valence-electron chi connectivity index (χ3n) is 2.94. The summed E-state index contributed by atoms with van der Waals surface area (Å²) in [6.45, 7) is 5.95. The van der Waals surface area contributed by atoms with Crippen LogP contribution >= 0.6 is 0 Å². The van der Waals surface area contributed by atoms with Gasteiger partial charge in [0.05, 0.1) is 18.8 Å². The van der Waals surface area contributed by atoms with Crippen LogP contribution in [0, 0.1) is 5.92 Å². The van der Waals surface area contributed by atoms with Gasteiger partial charge in [0.2, 0.25) is 0 Å². The van der Waals surface area contributed by atoms with Gasteiger partial charge in [0.1, 0.15) is 5.60 Å². The summed E-state index contributed by atoms with van der Waals surface area (Å²) in [7, 11) is 0. The first-order chi connectivity index (χ1) is 7.44. The molecule has 1 saturated carbocycles. The highest BCUT2D eigenvalue weighted by atomic mass is 16.7. The molecule has 0 bridgehead atoms. The van der Waals surface area contributed by atoms with E-state index >= 15 is 0 Å². The summed E-state index contributed by atoms with van der Waals surface area (Å²) in [6.07, 6.45) is 3.58. The summed E-state index contributed by atoms with van der Waals surface area (Å²) in [5.74, 6) is 0.441. The Morgan fingerprint density at radius 3 is 2.69 bits per heavy atom. The molecule has 92 valence electrons. The zero-order valence-corrected chi connectivity index (χ0v) is 10.2. The fourth-order valence-electron chi connectivity index (χ4n) is 2.10. The molecule has 3 atom stereocenters. The van der Waals surface area contributed by atoms with E-state index in [-0.39, 0.29) is 0 Å². The molecule has 2 aliphatic rings. The van der Waals surface area contributed by atoms with Crippen molar-refractivity contribution in [1.82, 2.24) is 0 Å². The molecule has 3 unspecified atom stereocenters. The third-order valence-corrected chi connectivity index (χ3v) is 2.94. The number of ether oxygens (including phenoxy) is 3. The van der Waals surface area contributed by atoms with Gasteiger partial charge in [0, 0.05) is 0 Å². The molecule has 2 fully saturated rings. The maximum atomic E-state index is 11.3. The van der Waals surface area contributed by atoms with Crippen LogP contribution < -0.4 is 0 Å². The summed E-state index contributed by atoms with van der Waals surface area (Å²) in [5, 5.41) is 0. The van der Waals surface area contributed by atoms with Gasteiger partial charge in [-0.3, -0.25) is 0 Å². The van der Waals surface area contributed by atoms with Crippen LogP contribution in [0.3, 0.4) is 0 Å². The first-order valence-electron chi connectivity index (χ1n) is 5.95. The van der Waals surface area contributed by atoms with Crippen molar-refractivity contribution in [1.29, 1.82) is 0 Å². The molecule has 0 spiro atoms. The van der Waals surface area contributed by atoms with Crippen molar-refractivity contribution in [3.63, 3.8) is 0 Å². The first kappa shape index (κ1) is 11.7. The second kappa shape index (κ2) is 4.24. The van der Waals surface area contributed by atoms with Crippen molar-refractivity contribution in [2.24, 2.45) is 5.92 Å². The van der Waals surface area contributed by atoms with E-state index in [0.29, 0.717) is 24.7 Å². The standard InChI is InChI=1S/C12H20O4/c1-12(2,3)16-11(13)14-7-8-4-5-9-10(6-8)15-9/h8-10H,4-7H2,1-3H3. The summed E-state index contributed by atoms with van der Waals surface area (Å²) in [6, 6.07) is 0. The number of hydrogen-bond donors (Lipinski definition) is 0.